The van der Waals surface area contributed by atoms with Crippen LogP contribution >= 0.6 is 11.8 Å². The number of nitro benzene ring substituents is 1. The molecule has 1 N–H and O–H groups in total. The molecule has 0 spiro atoms. The zero-order valence-corrected chi connectivity index (χ0v) is 16.0. The van der Waals surface area contributed by atoms with Crippen molar-refractivity contribution in [2.45, 2.75) is 30.9 Å². The normalized spacial score (nSPS) is 11.5. The highest BCUT2D eigenvalue weighted by Crippen LogP contribution is 2.28. The van der Waals surface area contributed by atoms with E-state index < -0.39 is 28.7 Å². The van der Waals surface area contributed by atoms with E-state index >= 15 is 0 Å². The molecule has 0 heterocycles. The largest absolute Gasteiger partial charge is 0.455 e. The van der Waals surface area contributed by atoms with Crippen LogP contribution in [-0.2, 0) is 14.3 Å². The molecule has 7 nitrogen and oxygen atoms in total. The lowest BCUT2D eigenvalue weighted by atomic mass is 10.1. The van der Waals surface area contributed by atoms with Gasteiger partial charge in [0.2, 0.25) is 0 Å². The average Bonchev–Trinajstić information content (AvgIpc) is 2.63. The van der Waals surface area contributed by atoms with Gasteiger partial charge in [0.25, 0.3) is 11.6 Å². The van der Waals surface area contributed by atoms with Crippen LogP contribution in [0, 0.1) is 24.0 Å². The number of thioether (sulfide) groups is 1. The Bertz CT molecular complexity index is 855. The van der Waals surface area contributed by atoms with Crippen molar-refractivity contribution >= 4 is 35.0 Å². The van der Waals surface area contributed by atoms with Crippen molar-refractivity contribution in [2.24, 2.45) is 0 Å². The van der Waals surface area contributed by atoms with E-state index in [1.54, 1.807) is 20.8 Å². The van der Waals surface area contributed by atoms with Gasteiger partial charge in [-0.25, -0.2) is 0 Å². The van der Waals surface area contributed by atoms with E-state index in [1.165, 1.54) is 23.9 Å². The Balaban J connectivity index is 1.93. The standard InChI is InChI=1S/C19H20N2O5S/c1-12-9-16(17(21(24)25)10-13(12)2)20-18(22)11-26-19(23)14(3)27-15-7-5-4-6-8-15/h4-10,14H,11H2,1-3H3,(H,20,22)/t14-/m0/s1. The highest BCUT2D eigenvalue weighted by atomic mass is 32.2. The maximum absolute atomic E-state index is 12.1. The lowest BCUT2D eigenvalue weighted by molar-refractivity contribution is -0.384. The van der Waals surface area contributed by atoms with Crippen LogP contribution in [0.25, 0.3) is 0 Å². The molecule has 2 rings (SSSR count). The Morgan fingerprint density at radius 3 is 2.44 bits per heavy atom. The van der Waals surface area contributed by atoms with E-state index in [0.29, 0.717) is 0 Å². The third-order valence-electron chi connectivity index (χ3n) is 3.82. The number of nitrogens with zero attached hydrogens (tertiary/aromatic N) is 1. The highest BCUT2D eigenvalue weighted by molar-refractivity contribution is 8.00. The van der Waals surface area contributed by atoms with Crippen molar-refractivity contribution in [2.75, 3.05) is 11.9 Å². The SMILES string of the molecule is Cc1cc(NC(=O)COC(=O)[C@H](C)Sc2ccccc2)c([N+](=O)[O-])cc1C. The Morgan fingerprint density at radius 2 is 1.81 bits per heavy atom. The summed E-state index contributed by atoms with van der Waals surface area (Å²) in [7, 11) is 0. The summed E-state index contributed by atoms with van der Waals surface area (Å²) in [5, 5.41) is 13.1. The number of nitrogens with one attached hydrogen (secondary N) is 1. The summed E-state index contributed by atoms with van der Waals surface area (Å²) in [5.41, 5.74) is 1.43. The predicted molar refractivity (Wildman–Crippen MR) is 104 cm³/mol. The number of aryl methyl sites for hydroxylation is 2. The Morgan fingerprint density at radius 1 is 1.19 bits per heavy atom. The van der Waals surface area contributed by atoms with Crippen LogP contribution in [0.15, 0.2) is 47.4 Å². The number of carbonyl (C=O) groups excluding carboxylic acids is 2. The first-order valence-corrected chi connectivity index (χ1v) is 9.09. The maximum Gasteiger partial charge on any atom is 0.319 e. The van der Waals surface area contributed by atoms with Crippen LogP contribution in [0.5, 0.6) is 0 Å². The molecule has 2 aromatic carbocycles. The first kappa shape index (κ1) is 20.4. The van der Waals surface area contributed by atoms with Crippen molar-refractivity contribution in [1.29, 1.82) is 0 Å². The molecule has 1 atom stereocenters. The molecule has 0 aliphatic carbocycles. The molecule has 0 unspecified atom stereocenters. The molecule has 2 aromatic rings. The van der Waals surface area contributed by atoms with E-state index in [4.69, 9.17) is 4.74 Å². The molecular weight excluding hydrogens is 368 g/mol. The van der Waals surface area contributed by atoms with Crippen LogP contribution in [-0.4, -0.2) is 28.7 Å². The second kappa shape index (κ2) is 9.18. The minimum atomic E-state index is -0.633. The third-order valence-corrected chi connectivity index (χ3v) is 4.91. The number of hydrogen-bond acceptors (Lipinski definition) is 6. The summed E-state index contributed by atoms with van der Waals surface area (Å²) in [6, 6.07) is 12.3. The summed E-state index contributed by atoms with van der Waals surface area (Å²) >= 11 is 1.32. The molecule has 0 bridgehead atoms. The van der Waals surface area contributed by atoms with Gasteiger partial charge in [-0.3, -0.25) is 19.7 Å². The third kappa shape index (κ3) is 5.82. The predicted octanol–water partition coefficient (Wildman–Crippen LogP) is 3.87. The van der Waals surface area contributed by atoms with Gasteiger partial charge >= 0.3 is 5.97 Å². The molecule has 0 saturated heterocycles. The molecule has 0 fully saturated rings. The molecule has 0 saturated carbocycles. The van der Waals surface area contributed by atoms with Crippen LogP contribution < -0.4 is 5.32 Å². The number of nitro groups is 1. The number of ether oxygens (including phenoxy) is 1. The lowest BCUT2D eigenvalue weighted by Crippen LogP contribution is -2.25. The van der Waals surface area contributed by atoms with Crippen molar-refractivity contribution in [1.82, 2.24) is 0 Å². The number of carbonyl (C=O) groups is 2. The molecule has 8 heteroatoms. The summed E-state index contributed by atoms with van der Waals surface area (Å²) < 4.78 is 5.02. The van der Waals surface area contributed by atoms with E-state index in [2.05, 4.69) is 5.32 Å². The molecule has 0 aliphatic rings. The quantitative estimate of drug-likeness (QED) is 0.335. The average molecular weight is 388 g/mol. The number of amides is 1. The van der Waals surface area contributed by atoms with Crippen molar-refractivity contribution in [3.63, 3.8) is 0 Å². The number of hydrogen-bond donors (Lipinski definition) is 1. The molecule has 0 aliphatic heterocycles. The maximum atomic E-state index is 12.1. The van der Waals surface area contributed by atoms with E-state index in [-0.39, 0.29) is 11.4 Å². The van der Waals surface area contributed by atoms with Gasteiger partial charge in [-0.05, 0) is 50.1 Å². The zero-order chi connectivity index (χ0) is 20.0. The number of anilines is 1. The van der Waals surface area contributed by atoms with Crippen LogP contribution in [0.4, 0.5) is 11.4 Å². The van der Waals surface area contributed by atoms with Gasteiger partial charge in [0.05, 0.1) is 4.92 Å². The summed E-state index contributed by atoms with van der Waals surface area (Å²) in [6.07, 6.45) is 0. The highest BCUT2D eigenvalue weighted by Gasteiger charge is 2.20. The van der Waals surface area contributed by atoms with Crippen LogP contribution in [0.3, 0.4) is 0 Å². The summed E-state index contributed by atoms with van der Waals surface area (Å²) in [4.78, 5) is 35.6. The number of benzene rings is 2. The monoisotopic (exact) mass is 388 g/mol. The van der Waals surface area contributed by atoms with Gasteiger partial charge < -0.3 is 10.1 Å². The van der Waals surface area contributed by atoms with Gasteiger partial charge in [-0.15, -0.1) is 11.8 Å². The first-order chi connectivity index (χ1) is 12.8. The second-order valence-electron chi connectivity index (χ2n) is 5.94. The fourth-order valence-corrected chi connectivity index (χ4v) is 3.13. The molecule has 0 aromatic heterocycles. The Kier molecular flexibility index (Phi) is 6.95. The van der Waals surface area contributed by atoms with Crippen LogP contribution in [0.2, 0.25) is 0 Å². The van der Waals surface area contributed by atoms with Crippen molar-refractivity contribution in [3.05, 3.63) is 63.7 Å². The Labute approximate surface area is 161 Å². The van der Waals surface area contributed by atoms with Gasteiger partial charge in [0, 0.05) is 11.0 Å². The smallest absolute Gasteiger partial charge is 0.319 e. The second-order valence-corrected chi connectivity index (χ2v) is 7.35. The minimum absolute atomic E-state index is 0.0795. The summed E-state index contributed by atoms with van der Waals surface area (Å²) in [6.45, 7) is 4.72. The van der Waals surface area contributed by atoms with Crippen molar-refractivity contribution in [3.8, 4) is 0 Å². The van der Waals surface area contributed by atoms with E-state index in [1.807, 2.05) is 30.3 Å². The molecule has 142 valence electrons. The molecule has 27 heavy (non-hydrogen) atoms. The number of esters is 1. The fourth-order valence-electron chi connectivity index (χ4n) is 2.24. The van der Waals surface area contributed by atoms with Crippen LogP contribution in [0.1, 0.15) is 18.1 Å². The Hall–Kier alpha value is -2.87. The summed E-state index contributed by atoms with van der Waals surface area (Å²) in [5.74, 6) is -1.17. The van der Waals surface area contributed by atoms with Crippen molar-refractivity contribution < 1.29 is 19.2 Å². The minimum Gasteiger partial charge on any atom is -0.455 e. The van der Waals surface area contributed by atoms with E-state index in [0.717, 1.165) is 16.0 Å². The fraction of sp³-hybridized carbons (Fsp3) is 0.263. The van der Waals surface area contributed by atoms with E-state index in [9.17, 15) is 19.7 Å². The lowest BCUT2D eigenvalue weighted by Gasteiger charge is -2.12. The van der Waals surface area contributed by atoms with Gasteiger partial charge in [-0.1, -0.05) is 18.2 Å². The van der Waals surface area contributed by atoms with Gasteiger partial charge in [0.15, 0.2) is 6.61 Å². The molecular formula is C19H20N2O5S. The molecule has 0 radical (unpaired) electrons. The zero-order valence-electron chi connectivity index (χ0n) is 15.2. The first-order valence-electron chi connectivity index (χ1n) is 8.21. The van der Waals surface area contributed by atoms with Gasteiger partial charge in [-0.2, -0.15) is 0 Å². The van der Waals surface area contributed by atoms with Gasteiger partial charge in [0.1, 0.15) is 10.9 Å². The topological polar surface area (TPSA) is 98.5 Å². The molecule has 1 amide bonds. The number of rotatable bonds is 7.